The first-order valence-electron chi connectivity index (χ1n) is 5.81. The Bertz CT molecular complexity index is 587. The Labute approximate surface area is 105 Å². The molecular weight excluding hydrogens is 230 g/mol. The second kappa shape index (κ2) is 5.44. The number of rotatable bonds is 4. The summed E-state index contributed by atoms with van der Waals surface area (Å²) >= 11 is 0. The summed E-state index contributed by atoms with van der Waals surface area (Å²) in [5.41, 5.74) is 2.45. The third-order valence-corrected chi connectivity index (χ3v) is 2.76. The van der Waals surface area contributed by atoms with Crippen molar-refractivity contribution in [1.82, 2.24) is 15.0 Å². The van der Waals surface area contributed by atoms with Crippen molar-refractivity contribution in [2.75, 3.05) is 7.11 Å². The molecule has 0 bridgehead atoms. The summed E-state index contributed by atoms with van der Waals surface area (Å²) in [6, 6.07) is 7.71. The number of aromatic nitrogens is 3. The molecule has 5 heteroatoms. The molecule has 0 radical (unpaired) electrons. The van der Waals surface area contributed by atoms with Gasteiger partial charge in [0.15, 0.2) is 0 Å². The van der Waals surface area contributed by atoms with Crippen LogP contribution >= 0.6 is 0 Å². The molecule has 1 aromatic heterocycles. The number of esters is 1. The van der Waals surface area contributed by atoms with Crippen LogP contribution in [-0.4, -0.2) is 28.1 Å². The van der Waals surface area contributed by atoms with Gasteiger partial charge in [-0.2, -0.15) is 0 Å². The van der Waals surface area contributed by atoms with Gasteiger partial charge in [0.2, 0.25) is 0 Å². The third kappa shape index (κ3) is 2.40. The number of fused-ring (bicyclic) bond motifs is 1. The van der Waals surface area contributed by atoms with Crippen molar-refractivity contribution in [3.63, 3.8) is 0 Å². The van der Waals surface area contributed by atoms with Crippen molar-refractivity contribution in [3.8, 4) is 0 Å². The number of methoxy groups -OCH3 is 1. The maximum Gasteiger partial charge on any atom is 0.333 e. The highest BCUT2D eigenvalue weighted by molar-refractivity contribution is 5.88. The zero-order chi connectivity index (χ0) is 13.0. The van der Waals surface area contributed by atoms with Crippen molar-refractivity contribution in [1.29, 1.82) is 0 Å². The standard InChI is InChI=1S/C13H15N3O2/c1-3-10(13(17)18-2)8-9-16-12-7-5-4-6-11(12)14-15-16/h4-8H,3,9H2,1-2H3. The van der Waals surface area contributed by atoms with Gasteiger partial charge in [-0.25, -0.2) is 9.48 Å². The molecule has 0 spiro atoms. The summed E-state index contributed by atoms with van der Waals surface area (Å²) in [5.74, 6) is -0.290. The van der Waals surface area contributed by atoms with Crippen molar-refractivity contribution in [2.24, 2.45) is 0 Å². The number of nitrogens with zero attached hydrogens (tertiary/aromatic N) is 3. The van der Waals surface area contributed by atoms with Crippen LogP contribution in [0.25, 0.3) is 11.0 Å². The molecule has 5 nitrogen and oxygen atoms in total. The molecule has 0 fully saturated rings. The van der Waals surface area contributed by atoms with E-state index < -0.39 is 0 Å². The van der Waals surface area contributed by atoms with Crippen LogP contribution in [0.1, 0.15) is 13.3 Å². The Kier molecular flexibility index (Phi) is 3.72. The molecule has 2 aromatic rings. The van der Waals surface area contributed by atoms with Crippen molar-refractivity contribution >= 4 is 17.0 Å². The minimum atomic E-state index is -0.290. The lowest BCUT2D eigenvalue weighted by Gasteiger charge is -2.02. The van der Waals surface area contributed by atoms with Gasteiger partial charge < -0.3 is 4.74 Å². The quantitative estimate of drug-likeness (QED) is 0.610. The summed E-state index contributed by atoms with van der Waals surface area (Å²) < 4.78 is 6.47. The fraction of sp³-hybridized carbons (Fsp3) is 0.308. The van der Waals surface area contributed by atoms with E-state index in [0.717, 1.165) is 11.0 Å². The molecule has 2 rings (SSSR count). The first-order chi connectivity index (χ1) is 8.76. The SMILES string of the molecule is CCC(=CCn1nnc2ccccc21)C(=O)OC. The molecular formula is C13H15N3O2. The molecule has 0 unspecified atom stereocenters. The number of ether oxygens (including phenoxy) is 1. The summed E-state index contributed by atoms with van der Waals surface area (Å²) in [4.78, 5) is 11.4. The van der Waals surface area contributed by atoms with Gasteiger partial charge in [0.1, 0.15) is 5.52 Å². The predicted molar refractivity (Wildman–Crippen MR) is 67.9 cm³/mol. The van der Waals surface area contributed by atoms with Gasteiger partial charge in [-0.1, -0.05) is 30.3 Å². The van der Waals surface area contributed by atoms with Crippen molar-refractivity contribution in [3.05, 3.63) is 35.9 Å². The van der Waals surface area contributed by atoms with Crippen LogP contribution in [0.3, 0.4) is 0 Å². The molecule has 0 amide bonds. The van der Waals surface area contributed by atoms with E-state index in [9.17, 15) is 4.79 Å². The first kappa shape index (κ1) is 12.3. The fourth-order valence-corrected chi connectivity index (χ4v) is 1.75. The van der Waals surface area contributed by atoms with Crippen LogP contribution in [0.15, 0.2) is 35.9 Å². The third-order valence-electron chi connectivity index (χ3n) is 2.76. The van der Waals surface area contributed by atoms with Crippen molar-refractivity contribution < 1.29 is 9.53 Å². The monoisotopic (exact) mass is 245 g/mol. The Morgan fingerprint density at radius 1 is 1.44 bits per heavy atom. The number of carbonyl (C=O) groups excluding carboxylic acids is 1. The highest BCUT2D eigenvalue weighted by Gasteiger charge is 2.07. The van der Waals surface area contributed by atoms with Gasteiger partial charge >= 0.3 is 5.97 Å². The minimum absolute atomic E-state index is 0.290. The summed E-state index contributed by atoms with van der Waals surface area (Å²) in [5, 5.41) is 8.11. The van der Waals surface area contributed by atoms with Crippen LogP contribution in [0.5, 0.6) is 0 Å². The maximum atomic E-state index is 11.4. The molecule has 0 aliphatic rings. The summed E-state index contributed by atoms with van der Waals surface area (Å²) in [7, 11) is 1.39. The maximum absolute atomic E-state index is 11.4. The van der Waals surface area contributed by atoms with Crippen LogP contribution < -0.4 is 0 Å². The number of allylic oxidation sites excluding steroid dienone is 1. The Morgan fingerprint density at radius 2 is 2.22 bits per heavy atom. The molecule has 0 saturated heterocycles. The lowest BCUT2D eigenvalue weighted by atomic mass is 10.2. The van der Waals surface area contributed by atoms with E-state index >= 15 is 0 Å². The van der Waals surface area contributed by atoms with E-state index in [4.69, 9.17) is 4.74 Å². The highest BCUT2D eigenvalue weighted by Crippen LogP contribution is 2.11. The number of hydrogen-bond acceptors (Lipinski definition) is 4. The molecule has 0 saturated carbocycles. The minimum Gasteiger partial charge on any atom is -0.466 e. The van der Waals surface area contributed by atoms with Gasteiger partial charge in [-0.05, 0) is 18.6 Å². The molecule has 18 heavy (non-hydrogen) atoms. The average molecular weight is 245 g/mol. The topological polar surface area (TPSA) is 57.0 Å². The average Bonchev–Trinajstić information content (AvgIpc) is 2.82. The van der Waals surface area contributed by atoms with E-state index in [-0.39, 0.29) is 5.97 Å². The highest BCUT2D eigenvalue weighted by atomic mass is 16.5. The van der Waals surface area contributed by atoms with E-state index in [0.29, 0.717) is 18.5 Å². The fourth-order valence-electron chi connectivity index (χ4n) is 1.75. The number of benzene rings is 1. The Morgan fingerprint density at radius 3 is 2.94 bits per heavy atom. The van der Waals surface area contributed by atoms with E-state index in [2.05, 4.69) is 10.3 Å². The van der Waals surface area contributed by atoms with E-state index in [1.165, 1.54) is 7.11 Å². The second-order valence-corrected chi connectivity index (χ2v) is 3.83. The summed E-state index contributed by atoms with van der Waals surface area (Å²) in [6.45, 7) is 2.43. The van der Waals surface area contributed by atoms with Crippen LogP contribution in [-0.2, 0) is 16.1 Å². The Balaban J connectivity index is 2.23. The van der Waals surface area contributed by atoms with E-state index in [1.54, 1.807) is 4.68 Å². The van der Waals surface area contributed by atoms with Crippen LogP contribution in [0, 0.1) is 0 Å². The molecule has 0 aliphatic heterocycles. The normalized spacial score (nSPS) is 11.8. The Hall–Kier alpha value is -2.17. The van der Waals surface area contributed by atoms with Gasteiger partial charge in [-0.15, -0.1) is 5.10 Å². The second-order valence-electron chi connectivity index (χ2n) is 3.83. The smallest absolute Gasteiger partial charge is 0.333 e. The number of carbonyl (C=O) groups is 1. The zero-order valence-corrected chi connectivity index (χ0v) is 10.5. The van der Waals surface area contributed by atoms with Gasteiger partial charge in [0, 0.05) is 5.57 Å². The molecule has 1 aromatic carbocycles. The molecule has 94 valence electrons. The zero-order valence-electron chi connectivity index (χ0n) is 10.5. The van der Waals surface area contributed by atoms with Gasteiger partial charge in [-0.3, -0.25) is 0 Å². The molecule has 1 heterocycles. The largest absolute Gasteiger partial charge is 0.466 e. The summed E-state index contributed by atoms with van der Waals surface area (Å²) in [6.07, 6.45) is 2.46. The lowest BCUT2D eigenvalue weighted by molar-refractivity contribution is -0.136. The first-order valence-corrected chi connectivity index (χ1v) is 5.81. The molecule has 0 aliphatic carbocycles. The van der Waals surface area contributed by atoms with Crippen molar-refractivity contribution in [2.45, 2.75) is 19.9 Å². The molecule has 0 N–H and O–H groups in total. The molecule has 0 atom stereocenters. The van der Waals surface area contributed by atoms with Gasteiger partial charge in [0.05, 0.1) is 19.2 Å². The number of hydrogen-bond donors (Lipinski definition) is 0. The van der Waals surface area contributed by atoms with E-state index in [1.807, 2.05) is 37.3 Å². The van der Waals surface area contributed by atoms with Gasteiger partial charge in [0.25, 0.3) is 0 Å². The predicted octanol–water partition coefficient (Wildman–Crippen LogP) is 1.94. The number of para-hydroxylation sites is 1. The van der Waals surface area contributed by atoms with Crippen LogP contribution in [0.2, 0.25) is 0 Å². The lowest BCUT2D eigenvalue weighted by Crippen LogP contribution is -2.06. The van der Waals surface area contributed by atoms with Crippen LogP contribution in [0.4, 0.5) is 0 Å².